The molecule has 1 saturated heterocycles. The number of para-hydroxylation sites is 2. The zero-order chi connectivity index (χ0) is 16.4. The molecule has 0 bridgehead atoms. The summed E-state index contributed by atoms with van der Waals surface area (Å²) in [5.74, 6) is 1.93. The molecule has 1 fully saturated rings. The molecule has 1 unspecified atom stereocenters. The van der Waals surface area contributed by atoms with Gasteiger partial charge >= 0.3 is 0 Å². The summed E-state index contributed by atoms with van der Waals surface area (Å²) in [5, 5.41) is 3.90. The first kappa shape index (κ1) is 15.4. The highest BCUT2D eigenvalue weighted by atomic mass is 16.5. The molecular formula is C21H24N2O. The van der Waals surface area contributed by atoms with Crippen molar-refractivity contribution in [2.45, 2.75) is 24.9 Å². The number of fused-ring (bicyclic) bond motifs is 2. The first-order chi connectivity index (χ1) is 11.8. The molecule has 2 aliphatic heterocycles. The van der Waals surface area contributed by atoms with Crippen LogP contribution in [0.5, 0.6) is 11.5 Å². The highest BCUT2D eigenvalue weighted by Crippen LogP contribution is 2.42. The highest BCUT2D eigenvalue weighted by molar-refractivity contribution is 5.52. The van der Waals surface area contributed by atoms with Crippen molar-refractivity contribution in [3.8, 4) is 11.5 Å². The van der Waals surface area contributed by atoms with Crippen LogP contribution >= 0.6 is 0 Å². The predicted molar refractivity (Wildman–Crippen MR) is 97.6 cm³/mol. The maximum absolute atomic E-state index is 6.09. The first-order valence-electron chi connectivity index (χ1n) is 8.80. The van der Waals surface area contributed by atoms with Crippen LogP contribution in [0.4, 0.5) is 0 Å². The minimum Gasteiger partial charge on any atom is -0.457 e. The van der Waals surface area contributed by atoms with Gasteiger partial charge in [0.05, 0.1) is 6.04 Å². The van der Waals surface area contributed by atoms with Crippen LogP contribution in [0, 0.1) is 0 Å². The van der Waals surface area contributed by atoms with Gasteiger partial charge in [-0.2, -0.15) is 0 Å². The molecule has 1 N–H and O–H groups in total. The van der Waals surface area contributed by atoms with Gasteiger partial charge in [-0.05, 0) is 31.5 Å². The average Bonchev–Trinajstić information content (AvgIpc) is 2.62. The number of nitrogens with one attached hydrogen (secondary N) is 1. The van der Waals surface area contributed by atoms with Gasteiger partial charge in [0.2, 0.25) is 0 Å². The fourth-order valence-corrected chi connectivity index (χ4v) is 3.87. The summed E-state index contributed by atoms with van der Waals surface area (Å²) in [7, 11) is 0. The Bertz CT molecular complexity index is 682. The van der Waals surface area contributed by atoms with Gasteiger partial charge in [0.25, 0.3) is 0 Å². The van der Waals surface area contributed by atoms with Crippen LogP contribution in [0.2, 0.25) is 0 Å². The maximum atomic E-state index is 6.09. The lowest BCUT2D eigenvalue weighted by Gasteiger charge is -2.37. The van der Waals surface area contributed by atoms with Crippen LogP contribution in [-0.2, 0) is 0 Å². The van der Waals surface area contributed by atoms with Gasteiger partial charge < -0.3 is 10.1 Å². The smallest absolute Gasteiger partial charge is 0.132 e. The Labute approximate surface area is 143 Å². The molecule has 3 heteroatoms. The highest BCUT2D eigenvalue weighted by Gasteiger charge is 2.30. The molecule has 1 atom stereocenters. The van der Waals surface area contributed by atoms with Crippen molar-refractivity contribution in [3.05, 3.63) is 72.3 Å². The van der Waals surface area contributed by atoms with Crippen molar-refractivity contribution in [2.75, 3.05) is 19.6 Å². The van der Waals surface area contributed by atoms with Gasteiger partial charge in [-0.3, -0.25) is 4.90 Å². The number of ether oxygens (including phenoxy) is 1. The quantitative estimate of drug-likeness (QED) is 0.858. The van der Waals surface area contributed by atoms with E-state index in [4.69, 9.17) is 4.74 Å². The number of hydrogen-bond donors (Lipinski definition) is 1. The van der Waals surface area contributed by atoms with E-state index in [0.717, 1.165) is 24.6 Å². The summed E-state index contributed by atoms with van der Waals surface area (Å²) in [5.41, 5.74) is 2.47. The molecule has 0 amide bonds. The van der Waals surface area contributed by atoms with E-state index in [1.807, 2.05) is 18.2 Å². The van der Waals surface area contributed by atoms with Crippen molar-refractivity contribution in [3.63, 3.8) is 0 Å². The van der Waals surface area contributed by atoms with E-state index in [0.29, 0.717) is 6.04 Å². The van der Waals surface area contributed by atoms with Gasteiger partial charge in [-0.1, -0.05) is 42.5 Å². The second-order valence-electron chi connectivity index (χ2n) is 6.66. The van der Waals surface area contributed by atoms with Gasteiger partial charge in [-0.25, -0.2) is 0 Å². The Morgan fingerprint density at radius 3 is 2.42 bits per heavy atom. The molecule has 0 aromatic heterocycles. The van der Waals surface area contributed by atoms with Crippen molar-refractivity contribution >= 4 is 0 Å². The average molecular weight is 320 g/mol. The topological polar surface area (TPSA) is 24.5 Å². The molecule has 2 aliphatic rings. The Balaban J connectivity index is 1.61. The molecule has 2 heterocycles. The number of likely N-dealkylation sites (tertiary alicyclic amines) is 1. The Kier molecular flexibility index (Phi) is 4.37. The predicted octanol–water partition coefficient (Wildman–Crippen LogP) is 4.12. The standard InChI is InChI=1S/C21H24N2O/c1-2-13-23-14-7-8-16(15-23)22-21-17-9-3-5-11-19(17)24-20-12-6-4-10-18(20)21/h2-6,9-12,16,21-22H,1,7-8,13-15H2. The van der Waals surface area contributed by atoms with Crippen LogP contribution in [0.3, 0.4) is 0 Å². The third-order valence-corrected chi connectivity index (χ3v) is 4.98. The van der Waals surface area contributed by atoms with E-state index in [1.165, 1.54) is 30.5 Å². The van der Waals surface area contributed by atoms with E-state index >= 15 is 0 Å². The van der Waals surface area contributed by atoms with Gasteiger partial charge in [0.1, 0.15) is 11.5 Å². The lowest BCUT2D eigenvalue weighted by atomic mass is 9.92. The van der Waals surface area contributed by atoms with Crippen molar-refractivity contribution in [1.82, 2.24) is 10.2 Å². The Morgan fingerprint density at radius 1 is 1.08 bits per heavy atom. The minimum atomic E-state index is 0.194. The third-order valence-electron chi connectivity index (χ3n) is 4.98. The summed E-state index contributed by atoms with van der Waals surface area (Å²) in [6, 6.07) is 17.4. The molecular weight excluding hydrogens is 296 g/mol. The number of nitrogens with zero attached hydrogens (tertiary/aromatic N) is 1. The largest absolute Gasteiger partial charge is 0.457 e. The summed E-state index contributed by atoms with van der Waals surface area (Å²) in [6.07, 6.45) is 4.45. The first-order valence-corrected chi connectivity index (χ1v) is 8.80. The lowest BCUT2D eigenvalue weighted by Crippen LogP contribution is -2.47. The van der Waals surface area contributed by atoms with Crippen LogP contribution in [0.15, 0.2) is 61.2 Å². The molecule has 4 rings (SSSR count). The monoisotopic (exact) mass is 320 g/mol. The van der Waals surface area contributed by atoms with Crippen molar-refractivity contribution in [1.29, 1.82) is 0 Å². The molecule has 24 heavy (non-hydrogen) atoms. The van der Waals surface area contributed by atoms with Gasteiger partial charge in [0.15, 0.2) is 0 Å². The zero-order valence-electron chi connectivity index (χ0n) is 13.9. The normalized spacial score (nSPS) is 20.8. The Morgan fingerprint density at radius 2 is 1.75 bits per heavy atom. The molecule has 0 spiro atoms. The van der Waals surface area contributed by atoms with Crippen molar-refractivity contribution in [2.24, 2.45) is 0 Å². The van der Waals surface area contributed by atoms with E-state index in [2.05, 4.69) is 53.2 Å². The van der Waals surface area contributed by atoms with Crippen LogP contribution in [-0.4, -0.2) is 30.6 Å². The number of hydrogen-bond acceptors (Lipinski definition) is 3. The van der Waals surface area contributed by atoms with Crippen molar-refractivity contribution < 1.29 is 4.74 Å². The van der Waals surface area contributed by atoms with E-state index in [1.54, 1.807) is 0 Å². The summed E-state index contributed by atoms with van der Waals surface area (Å²) in [4.78, 5) is 2.48. The lowest BCUT2D eigenvalue weighted by molar-refractivity contribution is 0.201. The van der Waals surface area contributed by atoms with Gasteiger partial charge in [0, 0.05) is 30.3 Å². The van der Waals surface area contributed by atoms with E-state index < -0.39 is 0 Å². The van der Waals surface area contributed by atoms with E-state index in [9.17, 15) is 0 Å². The van der Waals surface area contributed by atoms with Crippen LogP contribution in [0.1, 0.15) is 30.0 Å². The SMILES string of the molecule is C=CCN1CCCC(NC2c3ccccc3Oc3ccccc32)C1. The zero-order valence-corrected chi connectivity index (χ0v) is 13.9. The second-order valence-corrected chi connectivity index (χ2v) is 6.66. The minimum absolute atomic E-state index is 0.194. The number of piperidine rings is 1. The molecule has 0 saturated carbocycles. The second kappa shape index (κ2) is 6.80. The molecule has 2 aromatic carbocycles. The van der Waals surface area contributed by atoms with E-state index in [-0.39, 0.29) is 6.04 Å². The fourth-order valence-electron chi connectivity index (χ4n) is 3.87. The number of benzene rings is 2. The number of rotatable bonds is 4. The fraction of sp³-hybridized carbons (Fsp3) is 0.333. The summed E-state index contributed by atoms with van der Waals surface area (Å²) >= 11 is 0. The maximum Gasteiger partial charge on any atom is 0.132 e. The molecule has 2 aromatic rings. The van der Waals surface area contributed by atoms with Gasteiger partial charge in [-0.15, -0.1) is 6.58 Å². The third kappa shape index (κ3) is 2.97. The summed E-state index contributed by atoms with van der Waals surface area (Å²) in [6.45, 7) is 7.10. The van der Waals surface area contributed by atoms with Crippen LogP contribution < -0.4 is 10.1 Å². The molecule has 0 radical (unpaired) electrons. The molecule has 0 aliphatic carbocycles. The summed E-state index contributed by atoms with van der Waals surface area (Å²) < 4.78 is 6.09. The molecule has 3 nitrogen and oxygen atoms in total. The van der Waals surface area contributed by atoms with Crippen LogP contribution in [0.25, 0.3) is 0 Å². The Hall–Kier alpha value is -2.10. The molecule has 124 valence electrons.